The van der Waals surface area contributed by atoms with E-state index in [4.69, 9.17) is 4.74 Å². The number of benzene rings is 1. The number of hydrogen-bond acceptors (Lipinski definition) is 3. The second-order valence-electron chi connectivity index (χ2n) is 5.01. The van der Waals surface area contributed by atoms with Crippen molar-refractivity contribution in [3.8, 4) is 11.1 Å². The first-order valence-electron chi connectivity index (χ1n) is 6.89. The standard InChI is InChI=1S/C16H18N2O2/c19-16-4-5-17-11-15(16)14-3-1-2-13(10-14)12-18-6-8-20-9-7-18/h1-5,10-11H,6-9,12H2,(H,17,19). The predicted molar refractivity (Wildman–Crippen MR) is 78.6 cm³/mol. The van der Waals surface area contributed by atoms with E-state index in [1.54, 1.807) is 18.5 Å². The van der Waals surface area contributed by atoms with Gasteiger partial charge < -0.3 is 9.72 Å². The zero-order valence-electron chi connectivity index (χ0n) is 11.3. The van der Waals surface area contributed by atoms with Gasteiger partial charge in [0, 0.05) is 43.7 Å². The molecule has 1 saturated heterocycles. The van der Waals surface area contributed by atoms with Crippen LogP contribution in [0.5, 0.6) is 0 Å². The van der Waals surface area contributed by atoms with Gasteiger partial charge in [-0.05, 0) is 17.2 Å². The Morgan fingerprint density at radius 2 is 2.05 bits per heavy atom. The molecule has 0 radical (unpaired) electrons. The Labute approximate surface area is 118 Å². The second kappa shape index (κ2) is 6.03. The van der Waals surface area contributed by atoms with Crippen molar-refractivity contribution in [2.24, 2.45) is 0 Å². The normalized spacial score (nSPS) is 16.2. The highest BCUT2D eigenvalue weighted by atomic mass is 16.5. The van der Waals surface area contributed by atoms with Crippen LogP contribution in [0, 0.1) is 0 Å². The van der Waals surface area contributed by atoms with Crippen molar-refractivity contribution in [3.63, 3.8) is 0 Å². The molecule has 1 N–H and O–H groups in total. The molecule has 20 heavy (non-hydrogen) atoms. The molecule has 0 spiro atoms. The lowest BCUT2D eigenvalue weighted by Gasteiger charge is -2.26. The monoisotopic (exact) mass is 270 g/mol. The van der Waals surface area contributed by atoms with Gasteiger partial charge in [0.05, 0.1) is 13.2 Å². The molecule has 2 heterocycles. The van der Waals surface area contributed by atoms with Gasteiger partial charge >= 0.3 is 0 Å². The average molecular weight is 270 g/mol. The molecule has 1 aromatic heterocycles. The summed E-state index contributed by atoms with van der Waals surface area (Å²) in [5, 5.41) is 0. The first-order chi connectivity index (χ1) is 9.83. The molecule has 2 aromatic rings. The summed E-state index contributed by atoms with van der Waals surface area (Å²) >= 11 is 0. The van der Waals surface area contributed by atoms with Gasteiger partial charge in [-0.1, -0.05) is 18.2 Å². The quantitative estimate of drug-likeness (QED) is 0.926. The number of nitrogens with one attached hydrogen (secondary N) is 1. The Kier molecular flexibility index (Phi) is 3.95. The highest BCUT2D eigenvalue weighted by Crippen LogP contribution is 2.17. The summed E-state index contributed by atoms with van der Waals surface area (Å²) in [6, 6.07) is 9.76. The van der Waals surface area contributed by atoms with Gasteiger partial charge in [0.25, 0.3) is 0 Å². The fourth-order valence-corrected chi connectivity index (χ4v) is 2.50. The molecule has 0 unspecified atom stereocenters. The number of nitrogens with zero attached hydrogens (tertiary/aromatic N) is 1. The van der Waals surface area contributed by atoms with Crippen LogP contribution in [0.3, 0.4) is 0 Å². The fraction of sp³-hybridized carbons (Fsp3) is 0.312. The van der Waals surface area contributed by atoms with E-state index in [0.29, 0.717) is 0 Å². The second-order valence-corrected chi connectivity index (χ2v) is 5.01. The van der Waals surface area contributed by atoms with E-state index in [1.807, 2.05) is 12.1 Å². The predicted octanol–water partition coefficient (Wildman–Crippen LogP) is 1.87. The van der Waals surface area contributed by atoms with Crippen LogP contribution in [-0.2, 0) is 11.3 Å². The van der Waals surface area contributed by atoms with Gasteiger partial charge in [0.1, 0.15) is 0 Å². The molecule has 0 aliphatic carbocycles. The van der Waals surface area contributed by atoms with E-state index >= 15 is 0 Å². The van der Waals surface area contributed by atoms with Crippen molar-refractivity contribution >= 4 is 0 Å². The SMILES string of the molecule is O=c1cc[nH]cc1-c1cccc(CN2CCOCC2)c1. The molecule has 1 aromatic carbocycles. The summed E-state index contributed by atoms with van der Waals surface area (Å²) in [5.74, 6) is 0. The molecule has 1 aliphatic heterocycles. The average Bonchev–Trinajstić information content (AvgIpc) is 2.49. The van der Waals surface area contributed by atoms with Crippen LogP contribution in [0.25, 0.3) is 11.1 Å². The largest absolute Gasteiger partial charge is 0.379 e. The van der Waals surface area contributed by atoms with E-state index in [1.165, 1.54) is 5.56 Å². The number of morpholine rings is 1. The van der Waals surface area contributed by atoms with Crippen molar-refractivity contribution in [2.75, 3.05) is 26.3 Å². The number of ether oxygens (including phenoxy) is 1. The third-order valence-corrected chi connectivity index (χ3v) is 3.57. The van der Waals surface area contributed by atoms with Gasteiger partial charge in [-0.25, -0.2) is 0 Å². The number of aromatic amines is 1. The van der Waals surface area contributed by atoms with E-state index in [-0.39, 0.29) is 5.43 Å². The molecule has 1 aliphatic rings. The molecule has 0 saturated carbocycles. The number of aromatic nitrogens is 1. The Bertz CT molecular complexity index is 630. The van der Waals surface area contributed by atoms with Crippen molar-refractivity contribution in [1.82, 2.24) is 9.88 Å². The molecule has 4 nitrogen and oxygen atoms in total. The summed E-state index contributed by atoms with van der Waals surface area (Å²) < 4.78 is 5.36. The lowest BCUT2D eigenvalue weighted by Crippen LogP contribution is -2.35. The number of hydrogen-bond donors (Lipinski definition) is 1. The van der Waals surface area contributed by atoms with Crippen LogP contribution in [0.1, 0.15) is 5.56 Å². The van der Waals surface area contributed by atoms with Crippen LogP contribution in [0.2, 0.25) is 0 Å². The van der Waals surface area contributed by atoms with E-state index in [0.717, 1.165) is 44.0 Å². The minimum Gasteiger partial charge on any atom is -0.379 e. The molecular formula is C16H18N2O2. The van der Waals surface area contributed by atoms with E-state index in [9.17, 15) is 4.79 Å². The van der Waals surface area contributed by atoms with Gasteiger partial charge in [0.2, 0.25) is 0 Å². The molecular weight excluding hydrogens is 252 g/mol. The minimum atomic E-state index is 0.0484. The summed E-state index contributed by atoms with van der Waals surface area (Å²) in [4.78, 5) is 17.2. The maximum Gasteiger partial charge on any atom is 0.189 e. The van der Waals surface area contributed by atoms with Crippen molar-refractivity contribution in [1.29, 1.82) is 0 Å². The molecule has 3 rings (SSSR count). The maximum absolute atomic E-state index is 11.9. The van der Waals surface area contributed by atoms with Crippen molar-refractivity contribution in [2.45, 2.75) is 6.54 Å². The topological polar surface area (TPSA) is 45.3 Å². The lowest BCUT2D eigenvalue weighted by atomic mass is 10.0. The first-order valence-corrected chi connectivity index (χ1v) is 6.89. The zero-order chi connectivity index (χ0) is 13.8. The van der Waals surface area contributed by atoms with Crippen LogP contribution < -0.4 is 5.43 Å². The molecule has 104 valence electrons. The number of H-pyrrole nitrogens is 1. The highest BCUT2D eigenvalue weighted by Gasteiger charge is 2.11. The summed E-state index contributed by atoms with van der Waals surface area (Å²) in [6.07, 6.45) is 3.42. The maximum atomic E-state index is 11.9. The van der Waals surface area contributed by atoms with E-state index in [2.05, 4.69) is 22.0 Å². The Balaban J connectivity index is 1.82. The van der Waals surface area contributed by atoms with Crippen molar-refractivity contribution in [3.05, 3.63) is 58.5 Å². The summed E-state index contributed by atoms with van der Waals surface area (Å²) in [5.41, 5.74) is 2.97. The molecule has 0 amide bonds. The Morgan fingerprint density at radius 1 is 1.20 bits per heavy atom. The zero-order valence-corrected chi connectivity index (χ0v) is 11.3. The molecule has 0 atom stereocenters. The summed E-state index contributed by atoms with van der Waals surface area (Å²) in [6.45, 7) is 4.45. The third-order valence-electron chi connectivity index (χ3n) is 3.57. The van der Waals surface area contributed by atoms with Gasteiger partial charge in [0.15, 0.2) is 5.43 Å². The smallest absolute Gasteiger partial charge is 0.189 e. The third kappa shape index (κ3) is 2.98. The van der Waals surface area contributed by atoms with Crippen LogP contribution in [-0.4, -0.2) is 36.2 Å². The number of pyridine rings is 1. The van der Waals surface area contributed by atoms with Crippen LogP contribution >= 0.6 is 0 Å². The van der Waals surface area contributed by atoms with Gasteiger partial charge in [-0.15, -0.1) is 0 Å². The first kappa shape index (κ1) is 13.1. The summed E-state index contributed by atoms with van der Waals surface area (Å²) in [7, 11) is 0. The van der Waals surface area contributed by atoms with Gasteiger partial charge in [-0.2, -0.15) is 0 Å². The number of rotatable bonds is 3. The molecule has 1 fully saturated rings. The highest BCUT2D eigenvalue weighted by molar-refractivity contribution is 5.62. The lowest BCUT2D eigenvalue weighted by molar-refractivity contribution is 0.0342. The Morgan fingerprint density at radius 3 is 2.85 bits per heavy atom. The van der Waals surface area contributed by atoms with Gasteiger partial charge in [-0.3, -0.25) is 9.69 Å². The van der Waals surface area contributed by atoms with E-state index < -0.39 is 0 Å². The van der Waals surface area contributed by atoms with Crippen LogP contribution in [0.4, 0.5) is 0 Å². The fourth-order valence-electron chi connectivity index (χ4n) is 2.50. The van der Waals surface area contributed by atoms with Crippen LogP contribution in [0.15, 0.2) is 47.5 Å². The molecule has 0 bridgehead atoms. The Hall–Kier alpha value is -1.91. The molecule has 4 heteroatoms. The minimum absolute atomic E-state index is 0.0484. The van der Waals surface area contributed by atoms with Crippen molar-refractivity contribution < 1.29 is 4.74 Å².